The molecule has 2 aromatic carbocycles. The van der Waals surface area contributed by atoms with E-state index in [1.54, 1.807) is 30.3 Å². The summed E-state index contributed by atoms with van der Waals surface area (Å²) in [5.74, 6) is 0.163. The van der Waals surface area contributed by atoms with Gasteiger partial charge in [-0.3, -0.25) is 14.4 Å². The minimum atomic E-state index is -1.26. The van der Waals surface area contributed by atoms with Crippen molar-refractivity contribution in [2.24, 2.45) is 0 Å². The molecule has 2 aliphatic heterocycles. The fourth-order valence-electron chi connectivity index (χ4n) is 5.49. The molecule has 12 nitrogen and oxygen atoms in total. The molecule has 0 spiro atoms. The molecule has 0 aromatic heterocycles. The summed E-state index contributed by atoms with van der Waals surface area (Å²) in [5, 5.41) is 23.7. The quantitative estimate of drug-likeness (QED) is 0.334. The van der Waals surface area contributed by atoms with Crippen molar-refractivity contribution in [2.45, 2.75) is 37.1 Å². The van der Waals surface area contributed by atoms with Gasteiger partial charge in [0.15, 0.2) is 23.0 Å². The highest BCUT2D eigenvalue weighted by atomic mass is 16.7. The number of rotatable bonds is 11. The number of aliphatic hydroxyl groups is 2. The number of amides is 2. The van der Waals surface area contributed by atoms with E-state index in [4.69, 9.17) is 23.7 Å². The zero-order chi connectivity index (χ0) is 29.1. The zero-order valence-electron chi connectivity index (χ0n) is 22.7. The van der Waals surface area contributed by atoms with Gasteiger partial charge in [-0.15, -0.1) is 0 Å². The van der Waals surface area contributed by atoms with E-state index in [1.807, 2.05) is 0 Å². The predicted octanol–water partition coefficient (Wildman–Crippen LogP) is 0.924. The predicted molar refractivity (Wildman–Crippen MR) is 143 cm³/mol. The normalized spacial score (nSPS) is 21.7. The van der Waals surface area contributed by atoms with Crippen molar-refractivity contribution >= 4 is 18.1 Å². The summed E-state index contributed by atoms with van der Waals surface area (Å²) in [5.41, 5.74) is 1.78. The Morgan fingerprint density at radius 2 is 1.98 bits per heavy atom. The summed E-state index contributed by atoms with van der Waals surface area (Å²) in [6.45, 7) is 0.0707. The smallest absolute Gasteiger partial charge is 0.247 e. The Bertz CT molecular complexity index is 1360. The third-order valence-corrected chi connectivity index (χ3v) is 7.40. The molecule has 0 radical (unpaired) electrons. The molecule has 4 atom stereocenters. The average molecular weight is 569 g/mol. The Labute approximate surface area is 236 Å². The molecule has 2 amide bonds. The fraction of sp³-hybridized carbons (Fsp3) is 0.414. The van der Waals surface area contributed by atoms with Crippen LogP contribution in [-0.2, 0) is 20.9 Å². The Kier molecular flexibility index (Phi) is 8.43. The van der Waals surface area contributed by atoms with Crippen LogP contribution in [0.1, 0.15) is 33.8 Å². The molecule has 5 rings (SSSR count). The van der Waals surface area contributed by atoms with Crippen LogP contribution < -0.4 is 24.3 Å². The summed E-state index contributed by atoms with van der Waals surface area (Å²) in [6, 6.07) is 7.47. The van der Waals surface area contributed by atoms with Crippen molar-refractivity contribution in [3.63, 3.8) is 0 Å². The number of hydrogen-bond acceptors (Lipinski definition) is 10. The molecular formula is C29H32N2O10. The number of methoxy groups -OCH3 is 2. The molecular weight excluding hydrogens is 536 g/mol. The molecule has 0 fully saturated rings. The van der Waals surface area contributed by atoms with Crippen molar-refractivity contribution in [3.8, 4) is 23.0 Å². The van der Waals surface area contributed by atoms with Crippen LogP contribution in [-0.4, -0.2) is 92.2 Å². The van der Waals surface area contributed by atoms with Gasteiger partial charge in [0.05, 0.1) is 38.7 Å². The van der Waals surface area contributed by atoms with Gasteiger partial charge in [0, 0.05) is 36.9 Å². The van der Waals surface area contributed by atoms with Gasteiger partial charge in [0.2, 0.25) is 18.6 Å². The molecule has 0 unspecified atom stereocenters. The van der Waals surface area contributed by atoms with Gasteiger partial charge < -0.3 is 44.1 Å². The molecule has 0 saturated carbocycles. The number of fused-ring (bicyclic) bond motifs is 4. The van der Waals surface area contributed by atoms with Crippen LogP contribution in [0.2, 0.25) is 0 Å². The standard InChI is InChI=1S/C29H32N2O10/c1-37-8-5-24(34)31(13-16-3-4-21-22(10-16)40-15-39-21)20-12-19(29(36)30-6-7-32)25-18-9-17(14-33)11-23(38-2)27(18)41-28(25)26(20)35/h3-4,9-12,14,20,25-26,28,32,35H,5-8,13,15H2,1-2H3,(H,30,36)/t20-,25+,26+,28+/m1/s1. The molecule has 2 aromatic rings. The lowest BCUT2D eigenvalue weighted by atomic mass is 9.77. The Morgan fingerprint density at radius 3 is 2.71 bits per heavy atom. The molecule has 0 bridgehead atoms. The molecule has 41 heavy (non-hydrogen) atoms. The van der Waals surface area contributed by atoms with Crippen molar-refractivity contribution in [1.29, 1.82) is 0 Å². The first kappa shape index (κ1) is 28.4. The van der Waals surface area contributed by atoms with E-state index < -0.39 is 30.1 Å². The van der Waals surface area contributed by atoms with Gasteiger partial charge >= 0.3 is 0 Å². The van der Waals surface area contributed by atoms with Crippen LogP contribution in [0.25, 0.3) is 0 Å². The van der Waals surface area contributed by atoms with Crippen LogP contribution in [0.3, 0.4) is 0 Å². The molecule has 3 N–H and O–H groups in total. The van der Waals surface area contributed by atoms with Gasteiger partial charge in [-0.2, -0.15) is 0 Å². The maximum absolute atomic E-state index is 13.5. The molecule has 12 heteroatoms. The van der Waals surface area contributed by atoms with Crippen LogP contribution >= 0.6 is 0 Å². The SMILES string of the molecule is COCCC(=O)N(Cc1ccc2c(c1)OCO2)[C@@H]1C=C(C(=O)NCCO)[C@@H]2c3cc(C=O)cc(OC)c3O[C@@H]2[C@H]1O. The maximum atomic E-state index is 13.5. The van der Waals surface area contributed by atoms with E-state index in [2.05, 4.69) is 5.32 Å². The fourth-order valence-corrected chi connectivity index (χ4v) is 5.49. The molecule has 3 aliphatic rings. The van der Waals surface area contributed by atoms with E-state index in [0.717, 1.165) is 5.56 Å². The zero-order valence-corrected chi connectivity index (χ0v) is 22.7. The number of hydrogen-bond donors (Lipinski definition) is 3. The van der Waals surface area contributed by atoms with E-state index in [9.17, 15) is 24.6 Å². The van der Waals surface area contributed by atoms with Crippen molar-refractivity contribution in [3.05, 3.63) is 58.7 Å². The van der Waals surface area contributed by atoms with Gasteiger partial charge in [-0.05, 0) is 35.9 Å². The third kappa shape index (κ3) is 5.45. The first-order chi connectivity index (χ1) is 19.9. The number of benzene rings is 2. The molecule has 2 heterocycles. The lowest BCUT2D eigenvalue weighted by Crippen LogP contribution is -2.55. The Hall–Kier alpha value is -4.13. The van der Waals surface area contributed by atoms with Crippen molar-refractivity contribution in [2.75, 3.05) is 40.8 Å². The lowest BCUT2D eigenvalue weighted by Gasteiger charge is -2.40. The van der Waals surface area contributed by atoms with E-state index in [0.29, 0.717) is 34.7 Å². The summed E-state index contributed by atoms with van der Waals surface area (Å²) in [6.07, 6.45) is 0.0337. The monoisotopic (exact) mass is 568 g/mol. The minimum absolute atomic E-state index is 0.000126. The first-order valence-electron chi connectivity index (χ1n) is 13.2. The average Bonchev–Trinajstić information content (AvgIpc) is 3.62. The number of nitrogens with zero attached hydrogens (tertiary/aromatic N) is 1. The second-order valence-electron chi connectivity index (χ2n) is 9.85. The summed E-state index contributed by atoms with van der Waals surface area (Å²) < 4.78 is 27.7. The molecule has 0 saturated heterocycles. The number of carbonyl (C=O) groups is 3. The Morgan fingerprint density at radius 1 is 1.17 bits per heavy atom. The summed E-state index contributed by atoms with van der Waals surface area (Å²) in [4.78, 5) is 40.1. The second-order valence-corrected chi connectivity index (χ2v) is 9.85. The number of carbonyl (C=O) groups excluding carboxylic acids is 3. The lowest BCUT2D eigenvalue weighted by molar-refractivity contribution is -0.139. The highest BCUT2D eigenvalue weighted by Gasteiger charge is 2.51. The Balaban J connectivity index is 1.57. The second kappa shape index (κ2) is 12.2. The number of ether oxygens (including phenoxy) is 5. The third-order valence-electron chi connectivity index (χ3n) is 7.40. The largest absolute Gasteiger partial charge is 0.493 e. The topological polar surface area (TPSA) is 153 Å². The van der Waals surface area contributed by atoms with Crippen LogP contribution in [0, 0.1) is 0 Å². The number of aldehydes is 1. The van der Waals surface area contributed by atoms with Crippen molar-refractivity contribution < 1.29 is 48.3 Å². The van der Waals surface area contributed by atoms with Gasteiger partial charge in [-0.1, -0.05) is 6.07 Å². The van der Waals surface area contributed by atoms with Gasteiger partial charge in [0.25, 0.3) is 0 Å². The molecule has 218 valence electrons. The summed E-state index contributed by atoms with van der Waals surface area (Å²) >= 11 is 0. The van der Waals surface area contributed by atoms with E-state index in [-0.39, 0.29) is 56.7 Å². The van der Waals surface area contributed by atoms with Crippen LogP contribution in [0.5, 0.6) is 23.0 Å². The van der Waals surface area contributed by atoms with E-state index >= 15 is 0 Å². The summed E-state index contributed by atoms with van der Waals surface area (Å²) in [7, 11) is 2.92. The van der Waals surface area contributed by atoms with Gasteiger partial charge in [-0.25, -0.2) is 0 Å². The highest BCUT2D eigenvalue weighted by Crippen LogP contribution is 2.51. The minimum Gasteiger partial charge on any atom is -0.493 e. The molecule has 1 aliphatic carbocycles. The maximum Gasteiger partial charge on any atom is 0.247 e. The number of aliphatic hydroxyl groups excluding tert-OH is 2. The van der Waals surface area contributed by atoms with Crippen molar-refractivity contribution in [1.82, 2.24) is 10.2 Å². The van der Waals surface area contributed by atoms with Gasteiger partial charge in [0.1, 0.15) is 18.5 Å². The van der Waals surface area contributed by atoms with E-state index in [1.165, 1.54) is 25.2 Å². The van der Waals surface area contributed by atoms with Crippen LogP contribution in [0.15, 0.2) is 42.0 Å². The highest BCUT2D eigenvalue weighted by molar-refractivity contribution is 5.96. The first-order valence-corrected chi connectivity index (χ1v) is 13.2. The number of nitrogens with one attached hydrogen (secondary N) is 1. The van der Waals surface area contributed by atoms with Crippen LogP contribution in [0.4, 0.5) is 0 Å².